The fourth-order valence-electron chi connectivity index (χ4n) is 1.00. The quantitative estimate of drug-likeness (QED) is 0.652. The number of thiophene rings is 1. The van der Waals surface area contributed by atoms with Crippen molar-refractivity contribution in [3.63, 3.8) is 0 Å². The van der Waals surface area contributed by atoms with Crippen molar-refractivity contribution < 1.29 is 4.79 Å². The normalized spacial score (nSPS) is 12.8. The average molecular weight is 182 g/mol. The molecule has 2 heteroatoms. The zero-order valence-electron chi connectivity index (χ0n) is 7.54. The molecule has 0 amide bonds. The first kappa shape index (κ1) is 9.46. The lowest BCUT2D eigenvalue weighted by Gasteiger charge is -2.04. The highest BCUT2D eigenvalue weighted by Gasteiger charge is 2.09. The first-order valence-corrected chi connectivity index (χ1v) is 5.23. The topological polar surface area (TPSA) is 17.1 Å². The molecule has 0 fully saturated rings. The number of Topliss-reactive ketones (excluding diaryl/α,β-unsaturated/α-hetero) is 1. The van der Waals surface area contributed by atoms with Gasteiger partial charge in [-0.3, -0.25) is 4.79 Å². The van der Waals surface area contributed by atoms with Gasteiger partial charge in [-0.1, -0.05) is 20.3 Å². The van der Waals surface area contributed by atoms with E-state index in [1.165, 1.54) is 0 Å². The Balaban J connectivity index is 2.50. The maximum atomic E-state index is 11.5. The highest BCUT2D eigenvalue weighted by molar-refractivity contribution is 7.08. The zero-order valence-corrected chi connectivity index (χ0v) is 8.36. The van der Waals surface area contributed by atoms with Crippen LogP contribution in [0.25, 0.3) is 0 Å². The minimum Gasteiger partial charge on any atom is -0.294 e. The van der Waals surface area contributed by atoms with Crippen LogP contribution in [0.3, 0.4) is 0 Å². The lowest BCUT2D eigenvalue weighted by atomic mass is 9.99. The van der Waals surface area contributed by atoms with Gasteiger partial charge in [0.15, 0.2) is 5.78 Å². The predicted octanol–water partition coefficient (Wildman–Crippen LogP) is 3.37. The van der Waals surface area contributed by atoms with Crippen molar-refractivity contribution >= 4 is 17.1 Å². The zero-order chi connectivity index (χ0) is 8.97. The van der Waals surface area contributed by atoms with Gasteiger partial charge >= 0.3 is 0 Å². The van der Waals surface area contributed by atoms with Crippen molar-refractivity contribution in [2.45, 2.75) is 26.7 Å². The Bertz CT molecular complexity index is 238. The predicted molar refractivity (Wildman–Crippen MR) is 52.7 cm³/mol. The molecule has 0 aliphatic carbocycles. The van der Waals surface area contributed by atoms with Gasteiger partial charge in [-0.2, -0.15) is 11.3 Å². The largest absolute Gasteiger partial charge is 0.294 e. The molecular weight excluding hydrogens is 168 g/mol. The Morgan fingerprint density at radius 1 is 1.67 bits per heavy atom. The number of carbonyl (C=O) groups excluding carboxylic acids is 1. The first-order valence-electron chi connectivity index (χ1n) is 4.29. The number of ketones is 1. The lowest BCUT2D eigenvalue weighted by Crippen LogP contribution is -2.03. The van der Waals surface area contributed by atoms with E-state index in [1.54, 1.807) is 11.3 Å². The summed E-state index contributed by atoms with van der Waals surface area (Å²) in [5, 5.41) is 3.87. The molecule has 12 heavy (non-hydrogen) atoms. The van der Waals surface area contributed by atoms with Crippen LogP contribution < -0.4 is 0 Å². The third-order valence-corrected chi connectivity index (χ3v) is 2.76. The van der Waals surface area contributed by atoms with E-state index in [-0.39, 0.29) is 5.78 Å². The summed E-state index contributed by atoms with van der Waals surface area (Å²) < 4.78 is 0. The number of hydrogen-bond acceptors (Lipinski definition) is 2. The summed E-state index contributed by atoms with van der Waals surface area (Å²) in [6.07, 6.45) is 1.77. The summed E-state index contributed by atoms with van der Waals surface area (Å²) in [7, 11) is 0. The minimum atomic E-state index is 0.283. The van der Waals surface area contributed by atoms with E-state index in [9.17, 15) is 4.79 Å². The highest BCUT2D eigenvalue weighted by atomic mass is 32.1. The molecule has 0 spiro atoms. The monoisotopic (exact) mass is 182 g/mol. The Kier molecular flexibility index (Phi) is 3.48. The average Bonchev–Trinajstić information content (AvgIpc) is 2.56. The Morgan fingerprint density at radius 3 is 2.92 bits per heavy atom. The fraction of sp³-hybridized carbons (Fsp3) is 0.500. The molecule has 1 rings (SSSR count). The second-order valence-corrected chi connectivity index (χ2v) is 3.93. The van der Waals surface area contributed by atoms with Crippen LogP contribution in [0.15, 0.2) is 16.8 Å². The summed E-state index contributed by atoms with van der Waals surface area (Å²) in [5.74, 6) is 0.794. The van der Waals surface area contributed by atoms with E-state index in [4.69, 9.17) is 0 Å². The maximum absolute atomic E-state index is 11.5. The number of hydrogen-bond donors (Lipinski definition) is 0. The summed E-state index contributed by atoms with van der Waals surface area (Å²) in [6, 6.07) is 1.90. The molecule has 1 atom stereocenters. The molecule has 0 radical (unpaired) electrons. The van der Waals surface area contributed by atoms with E-state index < -0.39 is 0 Å². The van der Waals surface area contributed by atoms with E-state index in [0.29, 0.717) is 12.3 Å². The smallest absolute Gasteiger partial charge is 0.163 e. The van der Waals surface area contributed by atoms with Gasteiger partial charge in [-0.15, -0.1) is 0 Å². The Morgan fingerprint density at radius 2 is 2.42 bits per heavy atom. The fourth-order valence-corrected chi connectivity index (χ4v) is 1.66. The van der Waals surface area contributed by atoms with Gasteiger partial charge in [-0.05, 0) is 17.4 Å². The van der Waals surface area contributed by atoms with Gasteiger partial charge in [0.25, 0.3) is 0 Å². The molecule has 0 aliphatic rings. The first-order chi connectivity index (χ1) is 5.74. The van der Waals surface area contributed by atoms with Crippen LogP contribution in [0, 0.1) is 5.92 Å². The van der Waals surface area contributed by atoms with Crippen LogP contribution in [0.4, 0.5) is 0 Å². The van der Waals surface area contributed by atoms with Gasteiger partial charge in [-0.25, -0.2) is 0 Å². The van der Waals surface area contributed by atoms with Crippen molar-refractivity contribution in [2.75, 3.05) is 0 Å². The molecule has 1 heterocycles. The summed E-state index contributed by atoms with van der Waals surface area (Å²) >= 11 is 1.58. The molecule has 1 unspecified atom stereocenters. The van der Waals surface area contributed by atoms with Crippen LogP contribution in [0.5, 0.6) is 0 Å². The Labute approximate surface area is 77.4 Å². The number of rotatable bonds is 4. The third-order valence-electron chi connectivity index (χ3n) is 2.07. The van der Waals surface area contributed by atoms with Gasteiger partial charge in [0.05, 0.1) is 0 Å². The molecule has 0 N–H and O–H groups in total. The summed E-state index contributed by atoms with van der Waals surface area (Å²) in [5.41, 5.74) is 0.875. The maximum Gasteiger partial charge on any atom is 0.163 e. The van der Waals surface area contributed by atoms with Crippen LogP contribution in [-0.4, -0.2) is 5.78 Å². The molecule has 0 saturated heterocycles. The van der Waals surface area contributed by atoms with Crippen molar-refractivity contribution in [2.24, 2.45) is 5.92 Å². The second-order valence-electron chi connectivity index (χ2n) is 3.15. The van der Waals surface area contributed by atoms with E-state index in [1.807, 2.05) is 16.8 Å². The summed E-state index contributed by atoms with van der Waals surface area (Å²) in [6.45, 7) is 4.23. The minimum absolute atomic E-state index is 0.283. The van der Waals surface area contributed by atoms with Crippen LogP contribution >= 0.6 is 11.3 Å². The molecule has 66 valence electrons. The van der Waals surface area contributed by atoms with Crippen LogP contribution in [-0.2, 0) is 0 Å². The SMILES string of the molecule is CCC(C)CC(=O)c1ccsc1. The molecule has 0 saturated carbocycles. The van der Waals surface area contributed by atoms with Gasteiger partial charge in [0.2, 0.25) is 0 Å². The summed E-state index contributed by atoms with van der Waals surface area (Å²) in [4.78, 5) is 11.5. The standard InChI is InChI=1S/C10H14OS/c1-3-8(2)6-10(11)9-4-5-12-7-9/h4-5,7-8H,3,6H2,1-2H3. The third kappa shape index (κ3) is 2.45. The van der Waals surface area contributed by atoms with E-state index in [2.05, 4.69) is 13.8 Å². The number of carbonyl (C=O) groups is 1. The Hall–Kier alpha value is -0.630. The van der Waals surface area contributed by atoms with Crippen LogP contribution in [0.1, 0.15) is 37.0 Å². The lowest BCUT2D eigenvalue weighted by molar-refractivity contribution is 0.0964. The molecule has 0 aliphatic heterocycles. The van der Waals surface area contributed by atoms with E-state index in [0.717, 1.165) is 12.0 Å². The van der Waals surface area contributed by atoms with E-state index >= 15 is 0 Å². The molecule has 1 aromatic heterocycles. The van der Waals surface area contributed by atoms with Crippen molar-refractivity contribution in [3.8, 4) is 0 Å². The van der Waals surface area contributed by atoms with Gasteiger partial charge < -0.3 is 0 Å². The van der Waals surface area contributed by atoms with Crippen LogP contribution in [0.2, 0.25) is 0 Å². The highest BCUT2D eigenvalue weighted by Crippen LogP contribution is 2.14. The van der Waals surface area contributed by atoms with Crippen molar-refractivity contribution in [1.82, 2.24) is 0 Å². The molecule has 0 bridgehead atoms. The second kappa shape index (κ2) is 4.41. The molecule has 1 aromatic rings. The van der Waals surface area contributed by atoms with Crippen molar-refractivity contribution in [1.29, 1.82) is 0 Å². The van der Waals surface area contributed by atoms with Crippen molar-refractivity contribution in [3.05, 3.63) is 22.4 Å². The molecule has 1 nitrogen and oxygen atoms in total. The molecular formula is C10H14OS. The molecule has 0 aromatic carbocycles. The van der Waals surface area contributed by atoms with Gasteiger partial charge in [0, 0.05) is 17.4 Å². The van der Waals surface area contributed by atoms with Gasteiger partial charge in [0.1, 0.15) is 0 Å².